The molecule has 1 heterocycles. The average molecular weight is 231 g/mol. The number of hydrogen-bond donors (Lipinski definition) is 1. The van der Waals surface area contributed by atoms with E-state index < -0.39 is 9.84 Å². The van der Waals surface area contributed by atoms with Gasteiger partial charge >= 0.3 is 0 Å². The molecule has 1 aromatic rings. The van der Waals surface area contributed by atoms with Crippen LogP contribution in [0.4, 0.5) is 0 Å². The standard InChI is InChI=1S/C10H17NO3S/c1-8-4-6-14-10(8)9(11-2)5-7-15(3,12)13/h4,6,9,11H,5,7H2,1-3H3. The Morgan fingerprint density at radius 1 is 1.53 bits per heavy atom. The topological polar surface area (TPSA) is 59.3 Å². The number of furan rings is 1. The molecule has 1 rings (SSSR count). The van der Waals surface area contributed by atoms with Gasteiger partial charge in [0, 0.05) is 6.26 Å². The summed E-state index contributed by atoms with van der Waals surface area (Å²) in [5.74, 6) is 0.986. The molecule has 1 aromatic heterocycles. The highest BCUT2D eigenvalue weighted by Crippen LogP contribution is 2.21. The summed E-state index contributed by atoms with van der Waals surface area (Å²) in [6.07, 6.45) is 3.40. The summed E-state index contributed by atoms with van der Waals surface area (Å²) in [6, 6.07) is 1.84. The summed E-state index contributed by atoms with van der Waals surface area (Å²) in [6.45, 7) is 1.95. The van der Waals surface area contributed by atoms with E-state index in [4.69, 9.17) is 4.42 Å². The fraction of sp³-hybridized carbons (Fsp3) is 0.600. The molecule has 86 valence electrons. The lowest BCUT2D eigenvalue weighted by atomic mass is 10.1. The number of nitrogens with one attached hydrogen (secondary N) is 1. The monoisotopic (exact) mass is 231 g/mol. The van der Waals surface area contributed by atoms with Crippen LogP contribution >= 0.6 is 0 Å². The summed E-state index contributed by atoms with van der Waals surface area (Å²) in [4.78, 5) is 0. The maximum Gasteiger partial charge on any atom is 0.147 e. The van der Waals surface area contributed by atoms with Crippen LogP contribution in [0.25, 0.3) is 0 Å². The van der Waals surface area contributed by atoms with E-state index in [0.29, 0.717) is 6.42 Å². The molecule has 15 heavy (non-hydrogen) atoms. The van der Waals surface area contributed by atoms with Gasteiger partial charge in [-0.25, -0.2) is 8.42 Å². The molecule has 0 fully saturated rings. The molecule has 0 saturated carbocycles. The first-order chi connectivity index (χ1) is 6.94. The molecule has 1 unspecified atom stereocenters. The van der Waals surface area contributed by atoms with Gasteiger partial charge in [0.1, 0.15) is 15.6 Å². The number of rotatable bonds is 5. The van der Waals surface area contributed by atoms with Gasteiger partial charge in [0.05, 0.1) is 18.1 Å². The van der Waals surface area contributed by atoms with Crippen LogP contribution in [0.3, 0.4) is 0 Å². The van der Waals surface area contributed by atoms with E-state index in [9.17, 15) is 8.42 Å². The molecule has 0 radical (unpaired) electrons. The van der Waals surface area contributed by atoms with Crippen molar-refractivity contribution in [3.63, 3.8) is 0 Å². The minimum atomic E-state index is -2.91. The molecule has 0 saturated heterocycles. The minimum Gasteiger partial charge on any atom is -0.467 e. The zero-order valence-corrected chi connectivity index (χ0v) is 10.1. The van der Waals surface area contributed by atoms with Crippen LogP contribution in [-0.2, 0) is 9.84 Å². The molecule has 5 heteroatoms. The van der Waals surface area contributed by atoms with Gasteiger partial charge in [-0.1, -0.05) is 0 Å². The third kappa shape index (κ3) is 3.68. The lowest BCUT2D eigenvalue weighted by Crippen LogP contribution is -2.20. The van der Waals surface area contributed by atoms with Gasteiger partial charge in [-0.3, -0.25) is 0 Å². The SMILES string of the molecule is CNC(CCS(C)(=O)=O)c1occc1C. The third-order valence-corrected chi connectivity index (χ3v) is 3.32. The van der Waals surface area contributed by atoms with Crippen LogP contribution < -0.4 is 5.32 Å². The first-order valence-corrected chi connectivity index (χ1v) is 6.89. The van der Waals surface area contributed by atoms with Gasteiger partial charge in [-0.05, 0) is 32.0 Å². The molecule has 4 nitrogen and oxygen atoms in total. The Morgan fingerprint density at radius 2 is 2.20 bits per heavy atom. The van der Waals surface area contributed by atoms with E-state index in [-0.39, 0.29) is 11.8 Å². The molecule has 1 atom stereocenters. The van der Waals surface area contributed by atoms with Gasteiger partial charge in [0.25, 0.3) is 0 Å². The summed E-state index contributed by atoms with van der Waals surface area (Å²) in [7, 11) is -1.11. The van der Waals surface area contributed by atoms with Crippen molar-refractivity contribution in [1.82, 2.24) is 5.32 Å². The van der Waals surface area contributed by atoms with Crippen molar-refractivity contribution in [1.29, 1.82) is 0 Å². The van der Waals surface area contributed by atoms with Crippen LogP contribution in [0.2, 0.25) is 0 Å². The lowest BCUT2D eigenvalue weighted by Gasteiger charge is -2.13. The van der Waals surface area contributed by atoms with Crippen molar-refractivity contribution < 1.29 is 12.8 Å². The molecular formula is C10H17NO3S. The molecule has 1 N–H and O–H groups in total. The van der Waals surface area contributed by atoms with E-state index in [0.717, 1.165) is 11.3 Å². The first kappa shape index (κ1) is 12.3. The molecule has 0 amide bonds. The number of hydrogen-bond acceptors (Lipinski definition) is 4. The Kier molecular flexibility index (Phi) is 3.93. The fourth-order valence-corrected chi connectivity index (χ4v) is 2.14. The van der Waals surface area contributed by atoms with E-state index in [1.165, 1.54) is 6.26 Å². The Morgan fingerprint density at radius 3 is 2.60 bits per heavy atom. The minimum absolute atomic E-state index is 0.0327. The maximum absolute atomic E-state index is 11.0. The van der Waals surface area contributed by atoms with Crippen molar-refractivity contribution in [2.24, 2.45) is 0 Å². The van der Waals surface area contributed by atoms with E-state index in [1.54, 1.807) is 13.3 Å². The van der Waals surface area contributed by atoms with Gasteiger partial charge in [-0.2, -0.15) is 0 Å². The van der Waals surface area contributed by atoms with Gasteiger partial charge in [0.15, 0.2) is 0 Å². The lowest BCUT2D eigenvalue weighted by molar-refractivity contribution is 0.421. The second-order valence-corrected chi connectivity index (χ2v) is 5.99. The Hall–Kier alpha value is -0.810. The molecule has 0 bridgehead atoms. The predicted molar refractivity (Wildman–Crippen MR) is 59.6 cm³/mol. The summed E-state index contributed by atoms with van der Waals surface area (Å²) < 4.78 is 27.4. The van der Waals surface area contributed by atoms with Crippen LogP contribution in [0.5, 0.6) is 0 Å². The molecule has 0 aliphatic rings. The van der Waals surface area contributed by atoms with Crippen LogP contribution in [0.1, 0.15) is 23.8 Å². The highest BCUT2D eigenvalue weighted by Gasteiger charge is 2.17. The van der Waals surface area contributed by atoms with Crippen molar-refractivity contribution >= 4 is 9.84 Å². The normalized spacial score (nSPS) is 14.1. The number of sulfone groups is 1. The summed E-state index contributed by atoms with van der Waals surface area (Å²) in [5.41, 5.74) is 1.04. The van der Waals surface area contributed by atoms with Crippen LogP contribution in [0.15, 0.2) is 16.7 Å². The smallest absolute Gasteiger partial charge is 0.147 e. The van der Waals surface area contributed by atoms with Gasteiger partial charge in [-0.15, -0.1) is 0 Å². The fourth-order valence-electron chi connectivity index (χ4n) is 1.48. The van der Waals surface area contributed by atoms with Crippen molar-refractivity contribution in [2.75, 3.05) is 19.1 Å². The average Bonchev–Trinajstić information content (AvgIpc) is 2.52. The van der Waals surface area contributed by atoms with Gasteiger partial charge in [0.2, 0.25) is 0 Å². The van der Waals surface area contributed by atoms with E-state index in [1.807, 2.05) is 13.0 Å². The summed E-state index contributed by atoms with van der Waals surface area (Å²) >= 11 is 0. The zero-order valence-electron chi connectivity index (χ0n) is 9.28. The number of aryl methyl sites for hydroxylation is 1. The predicted octanol–water partition coefficient (Wildman–Crippen LogP) is 1.28. The summed E-state index contributed by atoms with van der Waals surface area (Å²) in [5, 5.41) is 3.06. The Labute approximate surface area is 90.6 Å². The second kappa shape index (κ2) is 4.81. The van der Waals surface area contributed by atoms with Crippen molar-refractivity contribution in [3.05, 3.63) is 23.7 Å². The highest BCUT2D eigenvalue weighted by atomic mass is 32.2. The Balaban J connectivity index is 2.70. The zero-order chi connectivity index (χ0) is 11.5. The maximum atomic E-state index is 11.0. The van der Waals surface area contributed by atoms with Crippen LogP contribution in [-0.4, -0.2) is 27.5 Å². The Bertz CT molecular complexity index is 408. The molecule has 0 spiro atoms. The van der Waals surface area contributed by atoms with Crippen molar-refractivity contribution in [3.8, 4) is 0 Å². The second-order valence-electron chi connectivity index (χ2n) is 3.73. The largest absolute Gasteiger partial charge is 0.467 e. The molecule has 0 aliphatic heterocycles. The third-order valence-electron chi connectivity index (χ3n) is 2.34. The highest BCUT2D eigenvalue weighted by molar-refractivity contribution is 7.90. The van der Waals surface area contributed by atoms with Crippen molar-refractivity contribution in [2.45, 2.75) is 19.4 Å². The quantitative estimate of drug-likeness (QED) is 0.829. The van der Waals surface area contributed by atoms with Gasteiger partial charge < -0.3 is 9.73 Å². The van der Waals surface area contributed by atoms with E-state index >= 15 is 0 Å². The van der Waals surface area contributed by atoms with Crippen LogP contribution in [0, 0.1) is 6.92 Å². The first-order valence-electron chi connectivity index (χ1n) is 4.83. The molecule has 0 aromatic carbocycles. The molecular weight excluding hydrogens is 214 g/mol. The molecule has 0 aliphatic carbocycles. The van der Waals surface area contributed by atoms with E-state index in [2.05, 4.69) is 5.32 Å².